The molecule has 3 aromatic heterocycles. The molecule has 0 unspecified atom stereocenters. The van der Waals surface area contributed by atoms with Crippen LogP contribution in [0, 0.1) is 5.41 Å². The third kappa shape index (κ3) is 4.16. The topological polar surface area (TPSA) is 110 Å². The van der Waals surface area contributed by atoms with E-state index in [0.717, 1.165) is 25.1 Å². The van der Waals surface area contributed by atoms with Crippen LogP contribution in [0.5, 0.6) is 5.75 Å². The second kappa shape index (κ2) is 9.24. The second-order valence-corrected chi connectivity index (χ2v) is 12.9. The fourth-order valence-corrected chi connectivity index (χ4v) is 6.82. The van der Waals surface area contributed by atoms with Gasteiger partial charge in [0, 0.05) is 30.5 Å². The predicted octanol–water partition coefficient (Wildman–Crippen LogP) is 3.91. The number of pyridine rings is 1. The van der Waals surface area contributed by atoms with E-state index in [2.05, 4.69) is 60.4 Å². The average molecular weight is 579 g/mol. The molecular formula is C32H34N8O3. The lowest BCUT2D eigenvalue weighted by atomic mass is 9.88. The highest BCUT2D eigenvalue weighted by molar-refractivity contribution is 5.97. The number of fused-ring (bicyclic) bond motifs is 7. The number of amides is 1. The van der Waals surface area contributed by atoms with Crippen LogP contribution < -0.4 is 20.5 Å². The summed E-state index contributed by atoms with van der Waals surface area (Å²) >= 11 is 0. The molecule has 220 valence electrons. The maximum atomic E-state index is 13.7. The van der Waals surface area contributed by atoms with Crippen molar-refractivity contribution in [3.63, 3.8) is 0 Å². The first-order chi connectivity index (χ1) is 20.7. The highest BCUT2D eigenvalue weighted by atomic mass is 16.5. The predicted molar refractivity (Wildman–Crippen MR) is 163 cm³/mol. The van der Waals surface area contributed by atoms with Gasteiger partial charge in [0.05, 0.1) is 6.54 Å². The zero-order chi connectivity index (χ0) is 29.5. The molecule has 11 heteroatoms. The second-order valence-electron chi connectivity index (χ2n) is 12.9. The maximum absolute atomic E-state index is 13.7. The number of benzene rings is 1. The molecule has 2 bridgehead atoms. The summed E-state index contributed by atoms with van der Waals surface area (Å²) in [6.07, 6.45) is 9.77. The molecule has 0 saturated heterocycles. The van der Waals surface area contributed by atoms with Gasteiger partial charge in [-0.2, -0.15) is 4.98 Å². The first kappa shape index (κ1) is 26.1. The van der Waals surface area contributed by atoms with Gasteiger partial charge < -0.3 is 10.1 Å². The van der Waals surface area contributed by atoms with Gasteiger partial charge >= 0.3 is 0 Å². The van der Waals surface area contributed by atoms with Crippen LogP contribution in [0.1, 0.15) is 44.2 Å². The zero-order valence-corrected chi connectivity index (χ0v) is 24.6. The van der Waals surface area contributed by atoms with E-state index in [9.17, 15) is 9.59 Å². The van der Waals surface area contributed by atoms with Crippen LogP contribution in [0.2, 0.25) is 0 Å². The molecule has 43 heavy (non-hydrogen) atoms. The molecule has 11 nitrogen and oxygen atoms in total. The first-order valence-corrected chi connectivity index (χ1v) is 14.9. The van der Waals surface area contributed by atoms with Crippen molar-refractivity contribution in [1.82, 2.24) is 29.2 Å². The highest BCUT2D eigenvalue weighted by Gasteiger charge is 2.50. The molecule has 8 rings (SSSR count). The Kier molecular flexibility index (Phi) is 5.62. The van der Waals surface area contributed by atoms with Gasteiger partial charge in [-0.1, -0.05) is 32.1 Å². The lowest BCUT2D eigenvalue weighted by molar-refractivity contribution is -0.121. The van der Waals surface area contributed by atoms with Crippen LogP contribution in [0.25, 0.3) is 16.9 Å². The third-order valence-corrected chi connectivity index (χ3v) is 9.36. The maximum Gasteiger partial charge on any atom is 0.278 e. The first-order valence-electron chi connectivity index (χ1n) is 14.9. The molecule has 1 aromatic carbocycles. The summed E-state index contributed by atoms with van der Waals surface area (Å²) < 4.78 is 9.07. The van der Waals surface area contributed by atoms with Crippen LogP contribution in [0.4, 0.5) is 17.5 Å². The van der Waals surface area contributed by atoms with Crippen molar-refractivity contribution in [1.29, 1.82) is 0 Å². The quantitative estimate of drug-likeness (QED) is 0.357. The number of likely N-dealkylation sites (N-methyl/N-ethyl adjacent to an activating group) is 1. The molecule has 1 saturated carbocycles. The lowest BCUT2D eigenvalue weighted by Crippen LogP contribution is -2.44. The number of ether oxygens (including phenoxy) is 1. The van der Waals surface area contributed by atoms with Crippen LogP contribution in [-0.2, 0) is 23.3 Å². The smallest absolute Gasteiger partial charge is 0.278 e. The number of carbonyl (C=O) groups is 1. The van der Waals surface area contributed by atoms with Crippen LogP contribution in [0.3, 0.4) is 0 Å². The zero-order valence-electron chi connectivity index (χ0n) is 24.6. The molecule has 1 spiro atoms. The molecule has 6 heterocycles. The molecule has 0 atom stereocenters. The van der Waals surface area contributed by atoms with Crippen molar-refractivity contribution < 1.29 is 9.53 Å². The van der Waals surface area contributed by atoms with Crippen LogP contribution >= 0.6 is 0 Å². The third-order valence-electron chi connectivity index (χ3n) is 9.36. The summed E-state index contributed by atoms with van der Waals surface area (Å²) in [5.41, 5.74) is 3.88. The van der Waals surface area contributed by atoms with E-state index < -0.39 is 0 Å². The average Bonchev–Trinajstić information content (AvgIpc) is 3.74. The van der Waals surface area contributed by atoms with Crippen molar-refractivity contribution in [3.05, 3.63) is 70.2 Å². The molecule has 4 aromatic rings. The minimum absolute atomic E-state index is 0.0283. The number of hydrogen-bond donors (Lipinski definition) is 1. The number of carbonyl (C=O) groups excluding carboxylic acids is 1. The summed E-state index contributed by atoms with van der Waals surface area (Å²) in [7, 11) is 2.21. The molecule has 1 amide bonds. The Morgan fingerprint density at radius 3 is 2.74 bits per heavy atom. The lowest BCUT2D eigenvalue weighted by Gasteiger charge is -2.35. The molecule has 4 aliphatic rings. The minimum Gasteiger partial charge on any atom is -0.480 e. The Bertz CT molecular complexity index is 1900. The molecular weight excluding hydrogens is 544 g/mol. The van der Waals surface area contributed by atoms with Crippen molar-refractivity contribution in [2.45, 2.75) is 51.6 Å². The van der Waals surface area contributed by atoms with E-state index in [1.54, 1.807) is 26.5 Å². The Morgan fingerprint density at radius 2 is 1.91 bits per heavy atom. The van der Waals surface area contributed by atoms with E-state index in [0.29, 0.717) is 47.5 Å². The number of aromatic nitrogens is 5. The monoisotopic (exact) mass is 578 g/mol. The summed E-state index contributed by atoms with van der Waals surface area (Å²) in [5, 5.41) is 3.79. The molecule has 0 radical (unpaired) electrons. The van der Waals surface area contributed by atoms with Gasteiger partial charge in [-0.25, -0.2) is 19.3 Å². The van der Waals surface area contributed by atoms with E-state index in [-0.39, 0.29) is 29.0 Å². The van der Waals surface area contributed by atoms with Gasteiger partial charge in [-0.05, 0) is 73.5 Å². The van der Waals surface area contributed by atoms with Gasteiger partial charge in [0.1, 0.15) is 5.39 Å². The number of hydrogen-bond acceptors (Lipinski definition) is 8. The van der Waals surface area contributed by atoms with Crippen LogP contribution in [-0.4, -0.2) is 61.9 Å². The van der Waals surface area contributed by atoms with Crippen molar-refractivity contribution >= 4 is 34.4 Å². The van der Waals surface area contributed by atoms with Gasteiger partial charge in [0.15, 0.2) is 29.6 Å². The normalized spacial score (nSPS) is 20.2. The number of anilines is 3. The molecule has 1 N–H and O–H groups in total. The van der Waals surface area contributed by atoms with Gasteiger partial charge in [0.25, 0.3) is 11.5 Å². The Labute approximate surface area is 248 Å². The van der Waals surface area contributed by atoms with Crippen LogP contribution in [0.15, 0.2) is 53.5 Å². The Hall–Kier alpha value is -4.51. The van der Waals surface area contributed by atoms with Crippen molar-refractivity contribution in [3.8, 4) is 11.6 Å². The summed E-state index contributed by atoms with van der Waals surface area (Å²) in [6.45, 7) is 6.12. The molecule has 1 fully saturated rings. The van der Waals surface area contributed by atoms with Gasteiger partial charge in [0.2, 0.25) is 5.95 Å². The van der Waals surface area contributed by atoms with Gasteiger partial charge in [-0.15, -0.1) is 0 Å². The number of nitrogens with zero attached hydrogens (tertiary/aromatic N) is 7. The Morgan fingerprint density at radius 1 is 1.05 bits per heavy atom. The van der Waals surface area contributed by atoms with E-state index in [1.807, 2.05) is 12.1 Å². The van der Waals surface area contributed by atoms with Crippen molar-refractivity contribution in [2.24, 2.45) is 5.41 Å². The largest absolute Gasteiger partial charge is 0.480 e. The molecule has 1 aliphatic carbocycles. The molecule has 3 aliphatic heterocycles. The summed E-state index contributed by atoms with van der Waals surface area (Å²) in [4.78, 5) is 45.2. The van der Waals surface area contributed by atoms with E-state index in [4.69, 9.17) is 14.7 Å². The minimum atomic E-state index is -0.210. The summed E-state index contributed by atoms with van der Waals surface area (Å²) in [5.74, 6) is 1.72. The fourth-order valence-electron chi connectivity index (χ4n) is 6.82. The summed E-state index contributed by atoms with van der Waals surface area (Å²) in [6, 6.07) is 10.1. The Balaban J connectivity index is 1.24. The van der Waals surface area contributed by atoms with Crippen molar-refractivity contribution in [2.75, 3.05) is 37.0 Å². The standard InChI is InChI=1S/C32H34N8O3/c1-31(2)11-4-5-14-39-29(42)22-17-33-30(34-21-7-6-20-10-15-37(3)32(12-13-32)23(20)16-21)36-27(22)40(39)25-9-8-24-28(35-25)38(19-31)26(41)18-43-24/h4-9,16-17H,10-15,18-19H2,1-3H3,(H,33,34,36). The van der Waals surface area contributed by atoms with E-state index >= 15 is 0 Å². The van der Waals surface area contributed by atoms with E-state index in [1.165, 1.54) is 24.0 Å². The highest BCUT2D eigenvalue weighted by Crippen LogP contribution is 2.54. The van der Waals surface area contributed by atoms with Gasteiger partial charge in [-0.3, -0.25) is 19.4 Å². The fraction of sp³-hybridized carbons (Fsp3) is 0.406. The number of rotatable bonds is 2. The SMILES string of the molecule is CN1CCc2ccc(Nc3ncc4c(=O)n5n(c4n3)-c3ccc4c(n3)N(CC(C)(C)CC=CC5)C(=O)CO4)cc2C12CC2. The number of nitrogens with one attached hydrogen (secondary N) is 1. The number of allylic oxidation sites excluding steroid dienone is 2.